The molecule has 1 rings (SSSR count). The number of aliphatic hydroxyl groups excluding tert-OH is 1. The SMILES string of the molecule is C[C@](N)(CCO)c1cc(I)ccc1Cl. The highest BCUT2D eigenvalue weighted by Crippen LogP contribution is 2.29. The first-order valence-corrected chi connectivity index (χ1v) is 5.78. The molecule has 78 valence electrons. The van der Waals surface area contributed by atoms with E-state index in [1.807, 2.05) is 25.1 Å². The van der Waals surface area contributed by atoms with E-state index in [2.05, 4.69) is 22.6 Å². The molecule has 1 aromatic rings. The lowest BCUT2D eigenvalue weighted by atomic mass is 9.90. The topological polar surface area (TPSA) is 46.2 Å². The van der Waals surface area contributed by atoms with E-state index < -0.39 is 5.54 Å². The first-order chi connectivity index (χ1) is 6.47. The van der Waals surface area contributed by atoms with Gasteiger partial charge in [-0.05, 0) is 59.7 Å². The molecule has 3 N–H and O–H groups in total. The van der Waals surface area contributed by atoms with Crippen molar-refractivity contribution in [3.8, 4) is 0 Å². The van der Waals surface area contributed by atoms with Crippen LogP contribution in [0.15, 0.2) is 18.2 Å². The van der Waals surface area contributed by atoms with Gasteiger partial charge < -0.3 is 10.8 Å². The van der Waals surface area contributed by atoms with E-state index in [0.29, 0.717) is 11.4 Å². The molecule has 0 unspecified atom stereocenters. The molecule has 0 aromatic heterocycles. The van der Waals surface area contributed by atoms with Crippen LogP contribution in [-0.4, -0.2) is 11.7 Å². The van der Waals surface area contributed by atoms with Crippen molar-refractivity contribution in [3.63, 3.8) is 0 Å². The molecule has 0 saturated heterocycles. The van der Waals surface area contributed by atoms with Crippen LogP contribution in [0.5, 0.6) is 0 Å². The minimum atomic E-state index is -0.562. The van der Waals surface area contributed by atoms with Gasteiger partial charge in [-0.3, -0.25) is 0 Å². The Kier molecular flexibility index (Phi) is 4.18. The van der Waals surface area contributed by atoms with Crippen molar-refractivity contribution in [1.82, 2.24) is 0 Å². The molecule has 0 bridgehead atoms. The van der Waals surface area contributed by atoms with E-state index >= 15 is 0 Å². The zero-order valence-electron chi connectivity index (χ0n) is 7.93. The maximum atomic E-state index is 8.90. The smallest absolute Gasteiger partial charge is 0.0457 e. The van der Waals surface area contributed by atoms with Crippen LogP contribution in [0.25, 0.3) is 0 Å². The van der Waals surface area contributed by atoms with Crippen LogP contribution in [0, 0.1) is 3.57 Å². The van der Waals surface area contributed by atoms with Crippen LogP contribution in [-0.2, 0) is 5.54 Å². The zero-order chi connectivity index (χ0) is 10.8. The number of benzene rings is 1. The van der Waals surface area contributed by atoms with Crippen LogP contribution >= 0.6 is 34.2 Å². The highest BCUT2D eigenvalue weighted by Gasteiger charge is 2.23. The fourth-order valence-corrected chi connectivity index (χ4v) is 2.13. The van der Waals surface area contributed by atoms with Crippen LogP contribution in [0.3, 0.4) is 0 Å². The van der Waals surface area contributed by atoms with Crippen molar-refractivity contribution in [2.45, 2.75) is 18.9 Å². The number of hydrogen-bond donors (Lipinski definition) is 2. The third-order valence-electron chi connectivity index (χ3n) is 2.17. The lowest BCUT2D eigenvalue weighted by molar-refractivity contribution is 0.247. The quantitative estimate of drug-likeness (QED) is 0.839. The second-order valence-corrected chi connectivity index (χ2v) is 5.17. The van der Waals surface area contributed by atoms with Gasteiger partial charge in [0.05, 0.1) is 0 Å². The van der Waals surface area contributed by atoms with Gasteiger partial charge >= 0.3 is 0 Å². The third kappa shape index (κ3) is 2.82. The van der Waals surface area contributed by atoms with Gasteiger partial charge in [-0.2, -0.15) is 0 Å². The Bertz CT molecular complexity index is 328. The van der Waals surface area contributed by atoms with Gasteiger partial charge in [-0.1, -0.05) is 11.6 Å². The molecule has 0 aliphatic heterocycles. The molecule has 1 aromatic carbocycles. The van der Waals surface area contributed by atoms with E-state index in [0.717, 1.165) is 9.13 Å². The van der Waals surface area contributed by atoms with Gasteiger partial charge in [0.2, 0.25) is 0 Å². The molecule has 2 nitrogen and oxygen atoms in total. The van der Waals surface area contributed by atoms with Crippen molar-refractivity contribution in [2.75, 3.05) is 6.61 Å². The van der Waals surface area contributed by atoms with Crippen molar-refractivity contribution in [3.05, 3.63) is 32.4 Å². The summed E-state index contributed by atoms with van der Waals surface area (Å²) in [7, 11) is 0. The van der Waals surface area contributed by atoms with Crippen molar-refractivity contribution in [2.24, 2.45) is 5.73 Å². The predicted octanol–water partition coefficient (Wildman–Crippen LogP) is 2.50. The molecule has 0 heterocycles. The second kappa shape index (κ2) is 4.79. The predicted molar refractivity (Wildman–Crippen MR) is 67.4 cm³/mol. The molecule has 0 spiro atoms. The Hall–Kier alpha value is 0.160. The largest absolute Gasteiger partial charge is 0.396 e. The molecular weight excluding hydrogens is 312 g/mol. The van der Waals surface area contributed by atoms with Crippen LogP contribution in [0.1, 0.15) is 18.9 Å². The Morgan fingerprint density at radius 1 is 1.57 bits per heavy atom. The maximum absolute atomic E-state index is 8.90. The van der Waals surface area contributed by atoms with Crippen molar-refractivity contribution >= 4 is 34.2 Å². The Balaban J connectivity index is 3.10. The minimum Gasteiger partial charge on any atom is -0.396 e. The lowest BCUT2D eigenvalue weighted by Crippen LogP contribution is -2.34. The number of nitrogens with two attached hydrogens (primary N) is 1. The first kappa shape index (κ1) is 12.2. The minimum absolute atomic E-state index is 0.0643. The summed E-state index contributed by atoms with van der Waals surface area (Å²) in [4.78, 5) is 0. The standard InChI is InChI=1S/C10H13ClINO/c1-10(13,4-5-14)8-6-7(12)2-3-9(8)11/h2-3,6,14H,4-5,13H2,1H3/t10-/m0/s1. The van der Waals surface area contributed by atoms with E-state index in [9.17, 15) is 0 Å². The molecule has 14 heavy (non-hydrogen) atoms. The number of aliphatic hydroxyl groups is 1. The summed E-state index contributed by atoms with van der Waals surface area (Å²) in [5, 5.41) is 9.55. The van der Waals surface area contributed by atoms with Gasteiger partial charge in [0.25, 0.3) is 0 Å². The van der Waals surface area contributed by atoms with Gasteiger partial charge in [0.1, 0.15) is 0 Å². The van der Waals surface area contributed by atoms with Crippen LogP contribution < -0.4 is 5.73 Å². The van der Waals surface area contributed by atoms with Gasteiger partial charge in [-0.25, -0.2) is 0 Å². The van der Waals surface area contributed by atoms with E-state index in [4.69, 9.17) is 22.4 Å². The zero-order valence-corrected chi connectivity index (χ0v) is 10.8. The summed E-state index contributed by atoms with van der Waals surface area (Å²) in [5.41, 5.74) is 6.40. The molecule has 0 radical (unpaired) electrons. The fourth-order valence-electron chi connectivity index (χ4n) is 1.30. The molecule has 0 amide bonds. The number of halogens is 2. The summed E-state index contributed by atoms with van der Waals surface area (Å²) in [6.07, 6.45) is 0.507. The van der Waals surface area contributed by atoms with E-state index in [1.165, 1.54) is 0 Å². The average Bonchev–Trinajstić information content (AvgIpc) is 2.09. The number of rotatable bonds is 3. The van der Waals surface area contributed by atoms with Crippen LogP contribution in [0.4, 0.5) is 0 Å². The molecule has 0 saturated carbocycles. The summed E-state index contributed by atoms with van der Waals surface area (Å²) in [6, 6.07) is 5.72. The Morgan fingerprint density at radius 3 is 2.79 bits per heavy atom. The van der Waals surface area contributed by atoms with Gasteiger partial charge in [0.15, 0.2) is 0 Å². The molecule has 4 heteroatoms. The first-order valence-electron chi connectivity index (χ1n) is 4.32. The average molecular weight is 326 g/mol. The summed E-state index contributed by atoms with van der Waals surface area (Å²) in [5.74, 6) is 0. The summed E-state index contributed by atoms with van der Waals surface area (Å²) in [6.45, 7) is 1.94. The molecular formula is C10H13ClINO. The van der Waals surface area contributed by atoms with Gasteiger partial charge in [0, 0.05) is 20.7 Å². The lowest BCUT2D eigenvalue weighted by Gasteiger charge is -2.25. The maximum Gasteiger partial charge on any atom is 0.0457 e. The molecule has 0 aliphatic rings. The van der Waals surface area contributed by atoms with E-state index in [-0.39, 0.29) is 6.61 Å². The highest BCUT2D eigenvalue weighted by atomic mass is 127. The van der Waals surface area contributed by atoms with Crippen molar-refractivity contribution in [1.29, 1.82) is 0 Å². The van der Waals surface area contributed by atoms with Crippen LogP contribution in [0.2, 0.25) is 5.02 Å². The fraction of sp³-hybridized carbons (Fsp3) is 0.400. The molecule has 1 atom stereocenters. The summed E-state index contributed by atoms with van der Waals surface area (Å²) < 4.78 is 1.09. The second-order valence-electron chi connectivity index (χ2n) is 3.52. The van der Waals surface area contributed by atoms with Crippen molar-refractivity contribution < 1.29 is 5.11 Å². The Morgan fingerprint density at radius 2 is 2.21 bits per heavy atom. The normalized spacial score (nSPS) is 15.2. The number of hydrogen-bond acceptors (Lipinski definition) is 2. The molecule has 0 aliphatic carbocycles. The Labute approximate surface area is 103 Å². The summed E-state index contributed by atoms with van der Waals surface area (Å²) >= 11 is 8.27. The third-order valence-corrected chi connectivity index (χ3v) is 3.18. The van der Waals surface area contributed by atoms with Gasteiger partial charge in [-0.15, -0.1) is 0 Å². The molecule has 0 fully saturated rings. The monoisotopic (exact) mass is 325 g/mol. The highest BCUT2D eigenvalue weighted by molar-refractivity contribution is 14.1. The van der Waals surface area contributed by atoms with E-state index in [1.54, 1.807) is 0 Å².